The van der Waals surface area contributed by atoms with E-state index >= 15 is 0 Å². The molecule has 3 aliphatic carbocycles. The van der Waals surface area contributed by atoms with Crippen molar-refractivity contribution in [1.82, 2.24) is 0 Å². The van der Waals surface area contributed by atoms with Gasteiger partial charge in [-0.15, -0.1) is 0 Å². The van der Waals surface area contributed by atoms with Crippen LogP contribution in [-0.2, 0) is 0 Å². The summed E-state index contributed by atoms with van der Waals surface area (Å²) >= 11 is 0. The molecule has 1 fully saturated rings. The first kappa shape index (κ1) is 8.96. The van der Waals surface area contributed by atoms with Crippen LogP contribution in [0.15, 0.2) is 11.1 Å². The van der Waals surface area contributed by atoms with Gasteiger partial charge in [-0.1, -0.05) is 17.6 Å². The van der Waals surface area contributed by atoms with Crippen LogP contribution in [0.2, 0.25) is 0 Å². The van der Waals surface area contributed by atoms with E-state index in [-0.39, 0.29) is 0 Å². The van der Waals surface area contributed by atoms with Crippen molar-refractivity contribution in [1.29, 1.82) is 0 Å². The summed E-state index contributed by atoms with van der Waals surface area (Å²) in [5.74, 6) is 1.85. The molecule has 0 aromatic carbocycles. The van der Waals surface area contributed by atoms with Crippen molar-refractivity contribution in [2.75, 3.05) is 0 Å². The van der Waals surface area contributed by atoms with Crippen LogP contribution >= 0.6 is 0 Å². The average Bonchev–Trinajstić information content (AvgIpc) is 2.18. The fraction of sp³-hybridized carbons (Fsp3) is 0.846. The summed E-state index contributed by atoms with van der Waals surface area (Å²) in [5.41, 5.74) is 8.17. The zero-order chi connectivity index (χ0) is 9.54. The maximum Gasteiger partial charge on any atom is 0.0941 e. The van der Waals surface area contributed by atoms with Crippen molar-refractivity contribution >= 4 is 0 Å². The quantitative estimate of drug-likeness (QED) is 0.570. The molecule has 0 aromatic rings. The predicted molar refractivity (Wildman–Crippen MR) is 57.6 cm³/mol. The molecule has 0 saturated heterocycles. The molecule has 14 heavy (non-hydrogen) atoms. The summed E-state index contributed by atoms with van der Waals surface area (Å²) in [4.78, 5) is 0. The maximum absolute atomic E-state index is 4.44. The molecule has 2 bridgehead atoms. The molecule has 0 unspecified atom stereocenters. The van der Waals surface area contributed by atoms with Crippen LogP contribution in [-0.4, -0.2) is 6.04 Å². The zero-order valence-electron chi connectivity index (χ0n) is 9.10. The molecular formula is C13H22N+. The van der Waals surface area contributed by atoms with Crippen LogP contribution in [0.1, 0.15) is 51.4 Å². The molecule has 0 aromatic heterocycles. The van der Waals surface area contributed by atoms with E-state index < -0.39 is 0 Å². The Morgan fingerprint density at radius 1 is 1.00 bits per heavy atom. The van der Waals surface area contributed by atoms with Crippen LogP contribution in [0, 0.1) is 11.8 Å². The van der Waals surface area contributed by atoms with Crippen molar-refractivity contribution in [2.45, 2.75) is 57.4 Å². The fourth-order valence-corrected chi connectivity index (χ4v) is 4.03. The standard InChI is InChI=1S/C13H21N/c14-13-10-5-3-7-12(13)11-6-2-1-4-9(11)8-10/h10,12-13H,1-8,14H2/p+1/t10-,12+,13+/m1/s1. The lowest BCUT2D eigenvalue weighted by molar-refractivity contribution is -0.449. The second-order valence-corrected chi connectivity index (χ2v) is 5.50. The zero-order valence-corrected chi connectivity index (χ0v) is 9.10. The average molecular weight is 192 g/mol. The van der Waals surface area contributed by atoms with Crippen molar-refractivity contribution < 1.29 is 5.73 Å². The van der Waals surface area contributed by atoms with Gasteiger partial charge in [-0.25, -0.2) is 0 Å². The lowest BCUT2D eigenvalue weighted by atomic mass is 9.63. The lowest BCUT2D eigenvalue weighted by Gasteiger charge is -2.42. The Morgan fingerprint density at radius 2 is 1.86 bits per heavy atom. The molecule has 3 aliphatic rings. The highest BCUT2D eigenvalue weighted by atomic mass is 14.7. The molecule has 3 N–H and O–H groups in total. The van der Waals surface area contributed by atoms with Crippen LogP contribution in [0.4, 0.5) is 0 Å². The van der Waals surface area contributed by atoms with Gasteiger partial charge in [0.1, 0.15) is 0 Å². The first-order valence-corrected chi connectivity index (χ1v) is 6.40. The molecule has 0 spiro atoms. The Labute approximate surface area is 86.8 Å². The van der Waals surface area contributed by atoms with E-state index in [1.807, 2.05) is 11.1 Å². The van der Waals surface area contributed by atoms with Crippen molar-refractivity contribution in [3.63, 3.8) is 0 Å². The van der Waals surface area contributed by atoms with Gasteiger partial charge in [0.25, 0.3) is 0 Å². The second-order valence-electron chi connectivity index (χ2n) is 5.50. The molecule has 1 saturated carbocycles. The largest absolute Gasteiger partial charge is 0.354 e. The Kier molecular flexibility index (Phi) is 2.16. The lowest BCUT2D eigenvalue weighted by Crippen LogP contribution is -2.70. The van der Waals surface area contributed by atoms with Gasteiger partial charge in [0, 0.05) is 11.8 Å². The van der Waals surface area contributed by atoms with E-state index in [0.29, 0.717) is 0 Å². The smallest absolute Gasteiger partial charge is 0.0941 e. The van der Waals surface area contributed by atoms with Crippen molar-refractivity contribution in [3.8, 4) is 0 Å². The van der Waals surface area contributed by atoms with Crippen LogP contribution in [0.5, 0.6) is 0 Å². The Hall–Kier alpha value is -0.300. The topological polar surface area (TPSA) is 27.6 Å². The number of rotatable bonds is 0. The molecular weight excluding hydrogens is 170 g/mol. The third kappa shape index (κ3) is 1.25. The maximum atomic E-state index is 4.44. The summed E-state index contributed by atoms with van der Waals surface area (Å²) in [5, 5.41) is 0. The van der Waals surface area contributed by atoms with Crippen molar-refractivity contribution in [3.05, 3.63) is 11.1 Å². The van der Waals surface area contributed by atoms with Gasteiger partial charge in [0.15, 0.2) is 0 Å². The van der Waals surface area contributed by atoms with Crippen LogP contribution in [0.25, 0.3) is 0 Å². The van der Waals surface area contributed by atoms with Gasteiger partial charge in [-0.2, -0.15) is 0 Å². The van der Waals surface area contributed by atoms with Gasteiger partial charge in [-0.05, 0) is 44.9 Å². The minimum absolute atomic E-state index is 0.764. The van der Waals surface area contributed by atoms with Gasteiger partial charge < -0.3 is 5.73 Å². The fourth-order valence-electron chi connectivity index (χ4n) is 4.03. The normalized spacial score (nSPS) is 42.2. The van der Waals surface area contributed by atoms with Gasteiger partial charge >= 0.3 is 0 Å². The number of allylic oxidation sites excluding steroid dienone is 1. The minimum Gasteiger partial charge on any atom is -0.354 e. The van der Waals surface area contributed by atoms with Gasteiger partial charge in [0.2, 0.25) is 0 Å². The van der Waals surface area contributed by atoms with Crippen LogP contribution < -0.4 is 5.73 Å². The highest BCUT2D eigenvalue weighted by molar-refractivity contribution is 5.26. The third-order valence-corrected chi connectivity index (χ3v) is 4.80. The molecule has 1 nitrogen and oxygen atoms in total. The molecule has 1 heteroatoms. The minimum atomic E-state index is 0.764. The Morgan fingerprint density at radius 3 is 2.79 bits per heavy atom. The highest BCUT2D eigenvalue weighted by Crippen LogP contribution is 2.46. The number of fused-ring (bicyclic) bond motifs is 3. The first-order valence-electron chi connectivity index (χ1n) is 6.40. The van der Waals surface area contributed by atoms with Gasteiger partial charge in [0.05, 0.1) is 6.04 Å². The molecule has 78 valence electrons. The molecule has 0 amide bonds. The van der Waals surface area contributed by atoms with E-state index in [9.17, 15) is 0 Å². The van der Waals surface area contributed by atoms with E-state index in [1.165, 1.54) is 51.4 Å². The molecule has 3 rings (SSSR count). The first-order chi connectivity index (χ1) is 6.86. The van der Waals surface area contributed by atoms with Crippen molar-refractivity contribution in [2.24, 2.45) is 11.8 Å². The summed E-state index contributed by atoms with van der Waals surface area (Å²) in [6.07, 6.45) is 11.5. The van der Waals surface area contributed by atoms with E-state index in [2.05, 4.69) is 5.73 Å². The molecule has 3 atom stereocenters. The van der Waals surface area contributed by atoms with E-state index in [0.717, 1.165) is 17.9 Å². The Bertz CT molecular complexity index is 266. The SMILES string of the molecule is [NH3+][C@H]1[C@@H]2CCC[C@H]1C1=C(CCCC1)C2. The second kappa shape index (κ2) is 3.37. The third-order valence-electron chi connectivity index (χ3n) is 4.80. The predicted octanol–water partition coefficient (Wildman–Crippen LogP) is 2.29. The summed E-state index contributed by atoms with van der Waals surface area (Å²) in [6, 6.07) is 0.764. The monoisotopic (exact) mass is 192 g/mol. The van der Waals surface area contributed by atoms with Gasteiger partial charge in [-0.3, -0.25) is 0 Å². The molecule has 0 heterocycles. The highest BCUT2D eigenvalue weighted by Gasteiger charge is 2.41. The van der Waals surface area contributed by atoms with E-state index in [1.54, 1.807) is 0 Å². The summed E-state index contributed by atoms with van der Waals surface area (Å²) in [6.45, 7) is 0. The Balaban J connectivity index is 1.95. The van der Waals surface area contributed by atoms with Crippen LogP contribution in [0.3, 0.4) is 0 Å². The molecule has 0 radical (unpaired) electrons. The summed E-state index contributed by atoms with van der Waals surface area (Å²) in [7, 11) is 0. The van der Waals surface area contributed by atoms with E-state index in [4.69, 9.17) is 0 Å². The summed E-state index contributed by atoms with van der Waals surface area (Å²) < 4.78 is 0. The number of quaternary nitrogens is 1. The molecule has 0 aliphatic heterocycles. The number of hydrogen-bond acceptors (Lipinski definition) is 0. The number of hydrogen-bond donors (Lipinski definition) is 1.